The summed E-state index contributed by atoms with van der Waals surface area (Å²) in [5.41, 5.74) is 0.344. The number of nitrogens with zero attached hydrogens (tertiary/aromatic N) is 1. The van der Waals surface area contributed by atoms with E-state index in [-0.39, 0.29) is 19.1 Å². The quantitative estimate of drug-likeness (QED) is 0.710. The number of hydrogen-bond acceptors (Lipinski definition) is 5. The Bertz CT molecular complexity index is 702. The van der Waals surface area contributed by atoms with E-state index in [1.165, 1.54) is 0 Å². The fraction of sp³-hybridized carbons (Fsp3) is 0.571. The Balaban J connectivity index is 2.03. The van der Waals surface area contributed by atoms with Gasteiger partial charge < -0.3 is 25.0 Å². The minimum absolute atomic E-state index is 0.00701. The Kier molecular flexibility index (Phi) is 7.87. The number of hydrogen-bond donors (Lipinski definition) is 2. The lowest BCUT2D eigenvalue weighted by Gasteiger charge is -2.29. The van der Waals surface area contributed by atoms with Gasteiger partial charge in [-0.2, -0.15) is 0 Å². The van der Waals surface area contributed by atoms with Crippen LogP contribution in [0.4, 0.5) is 9.59 Å². The zero-order valence-corrected chi connectivity index (χ0v) is 17.6. The first-order chi connectivity index (χ1) is 13.7. The summed E-state index contributed by atoms with van der Waals surface area (Å²) in [5.74, 6) is -0.406. The SMILES string of the molecule is CCOC(=O)C[C@@H]1[C@@H](NC(=O)OC(C)(C)C)CCN1C(=O)NCc1ccccc1. The van der Waals surface area contributed by atoms with Crippen molar-refractivity contribution in [1.29, 1.82) is 0 Å². The lowest BCUT2D eigenvalue weighted by molar-refractivity contribution is -0.144. The monoisotopic (exact) mass is 405 g/mol. The molecule has 1 aliphatic rings. The van der Waals surface area contributed by atoms with Crippen LogP contribution in [0.2, 0.25) is 0 Å². The van der Waals surface area contributed by atoms with Crippen LogP contribution >= 0.6 is 0 Å². The zero-order valence-electron chi connectivity index (χ0n) is 17.6. The standard InChI is InChI=1S/C21H31N3O5/c1-5-28-18(25)13-17-16(23-20(27)29-21(2,3)4)11-12-24(17)19(26)22-14-15-9-7-6-8-10-15/h6-10,16-17H,5,11-14H2,1-4H3,(H,22,26)(H,23,27)/t16-,17+/m0/s1. The normalized spacial score (nSPS) is 18.8. The van der Waals surface area contributed by atoms with Gasteiger partial charge in [-0.3, -0.25) is 4.79 Å². The molecule has 0 unspecified atom stereocenters. The number of amides is 3. The van der Waals surface area contributed by atoms with Gasteiger partial charge in [0.15, 0.2) is 0 Å². The molecule has 0 aliphatic carbocycles. The van der Waals surface area contributed by atoms with E-state index < -0.39 is 29.7 Å². The summed E-state index contributed by atoms with van der Waals surface area (Å²) in [4.78, 5) is 38.6. The summed E-state index contributed by atoms with van der Waals surface area (Å²) < 4.78 is 10.4. The van der Waals surface area contributed by atoms with Crippen LogP contribution in [0.5, 0.6) is 0 Å². The topological polar surface area (TPSA) is 97.0 Å². The summed E-state index contributed by atoms with van der Waals surface area (Å²) >= 11 is 0. The second-order valence-corrected chi connectivity index (χ2v) is 7.96. The zero-order chi connectivity index (χ0) is 21.4. The number of alkyl carbamates (subject to hydrolysis) is 1. The number of likely N-dealkylation sites (tertiary alicyclic amines) is 1. The van der Waals surface area contributed by atoms with Crippen molar-refractivity contribution >= 4 is 18.1 Å². The molecule has 0 saturated carbocycles. The number of urea groups is 1. The highest BCUT2D eigenvalue weighted by atomic mass is 16.6. The first kappa shape index (κ1) is 22.5. The van der Waals surface area contributed by atoms with Gasteiger partial charge >= 0.3 is 18.1 Å². The van der Waals surface area contributed by atoms with Crippen LogP contribution in [0.3, 0.4) is 0 Å². The van der Waals surface area contributed by atoms with Crippen molar-refractivity contribution in [2.45, 2.75) is 64.8 Å². The van der Waals surface area contributed by atoms with E-state index >= 15 is 0 Å². The van der Waals surface area contributed by atoms with E-state index in [1.807, 2.05) is 30.3 Å². The highest BCUT2D eigenvalue weighted by molar-refractivity contribution is 5.77. The summed E-state index contributed by atoms with van der Waals surface area (Å²) in [6, 6.07) is 8.39. The Morgan fingerprint density at radius 2 is 1.86 bits per heavy atom. The molecule has 2 N–H and O–H groups in total. The summed E-state index contributed by atoms with van der Waals surface area (Å²) in [6.07, 6.45) is -0.0299. The molecule has 0 aromatic heterocycles. The number of esters is 1. The molecule has 2 rings (SSSR count). The van der Waals surface area contributed by atoms with Gasteiger partial charge in [0, 0.05) is 13.1 Å². The lowest BCUT2D eigenvalue weighted by atomic mass is 10.1. The number of benzene rings is 1. The number of carbonyl (C=O) groups is 3. The van der Waals surface area contributed by atoms with Crippen molar-refractivity contribution in [2.24, 2.45) is 0 Å². The molecule has 0 spiro atoms. The molecule has 8 heteroatoms. The fourth-order valence-corrected chi connectivity index (χ4v) is 3.25. The number of nitrogens with one attached hydrogen (secondary N) is 2. The second-order valence-electron chi connectivity index (χ2n) is 7.96. The highest BCUT2D eigenvalue weighted by Gasteiger charge is 2.40. The second kappa shape index (κ2) is 10.1. The fourth-order valence-electron chi connectivity index (χ4n) is 3.25. The maximum absolute atomic E-state index is 12.7. The predicted octanol–water partition coefficient (Wildman–Crippen LogP) is 2.82. The molecule has 1 aromatic rings. The Morgan fingerprint density at radius 3 is 2.48 bits per heavy atom. The summed E-state index contributed by atoms with van der Waals surface area (Å²) in [6.45, 7) is 8.13. The van der Waals surface area contributed by atoms with Crippen LogP contribution in [0, 0.1) is 0 Å². The molecule has 1 saturated heterocycles. The first-order valence-electron chi connectivity index (χ1n) is 9.93. The predicted molar refractivity (Wildman–Crippen MR) is 108 cm³/mol. The maximum atomic E-state index is 12.7. The van der Waals surface area contributed by atoms with Crippen LogP contribution < -0.4 is 10.6 Å². The van der Waals surface area contributed by atoms with Crippen molar-refractivity contribution in [3.8, 4) is 0 Å². The summed E-state index contributed by atoms with van der Waals surface area (Å²) in [5, 5.41) is 5.68. The van der Waals surface area contributed by atoms with Crippen LogP contribution in [-0.4, -0.2) is 53.8 Å². The number of ether oxygens (including phenoxy) is 2. The van der Waals surface area contributed by atoms with Gasteiger partial charge in [-0.25, -0.2) is 9.59 Å². The van der Waals surface area contributed by atoms with Crippen molar-refractivity contribution in [3.63, 3.8) is 0 Å². The van der Waals surface area contributed by atoms with E-state index in [4.69, 9.17) is 9.47 Å². The molecule has 2 atom stereocenters. The highest BCUT2D eigenvalue weighted by Crippen LogP contribution is 2.22. The van der Waals surface area contributed by atoms with Crippen molar-refractivity contribution in [2.75, 3.05) is 13.2 Å². The molecule has 1 heterocycles. The molecule has 1 aliphatic heterocycles. The van der Waals surface area contributed by atoms with Gasteiger partial charge in [0.1, 0.15) is 5.60 Å². The average molecular weight is 405 g/mol. The minimum atomic E-state index is -0.633. The molecular formula is C21H31N3O5. The molecule has 1 aromatic carbocycles. The van der Waals surface area contributed by atoms with E-state index in [9.17, 15) is 14.4 Å². The number of rotatable bonds is 6. The third-order valence-electron chi connectivity index (χ3n) is 4.48. The molecule has 0 radical (unpaired) electrons. The Labute approximate surface area is 171 Å². The van der Waals surface area contributed by atoms with E-state index in [0.29, 0.717) is 19.5 Å². The largest absolute Gasteiger partial charge is 0.466 e. The van der Waals surface area contributed by atoms with Crippen molar-refractivity contribution in [3.05, 3.63) is 35.9 Å². The molecule has 160 valence electrons. The van der Waals surface area contributed by atoms with E-state index in [0.717, 1.165) is 5.56 Å². The van der Waals surface area contributed by atoms with Gasteiger partial charge in [0.2, 0.25) is 0 Å². The molecular weight excluding hydrogens is 374 g/mol. The van der Waals surface area contributed by atoms with Crippen LogP contribution in [0.15, 0.2) is 30.3 Å². The van der Waals surface area contributed by atoms with Gasteiger partial charge in [-0.15, -0.1) is 0 Å². The van der Waals surface area contributed by atoms with Crippen LogP contribution in [-0.2, 0) is 20.8 Å². The third kappa shape index (κ3) is 7.29. The molecule has 1 fully saturated rings. The lowest BCUT2D eigenvalue weighted by Crippen LogP contribution is -2.51. The molecule has 3 amide bonds. The van der Waals surface area contributed by atoms with Crippen molar-refractivity contribution in [1.82, 2.24) is 15.5 Å². The van der Waals surface area contributed by atoms with E-state index in [2.05, 4.69) is 10.6 Å². The first-order valence-corrected chi connectivity index (χ1v) is 9.93. The van der Waals surface area contributed by atoms with Gasteiger partial charge in [-0.1, -0.05) is 30.3 Å². The minimum Gasteiger partial charge on any atom is -0.466 e. The molecule has 29 heavy (non-hydrogen) atoms. The van der Waals surface area contributed by atoms with Gasteiger partial charge in [0.25, 0.3) is 0 Å². The van der Waals surface area contributed by atoms with Crippen LogP contribution in [0.1, 0.15) is 46.1 Å². The van der Waals surface area contributed by atoms with Crippen molar-refractivity contribution < 1.29 is 23.9 Å². The molecule has 8 nitrogen and oxygen atoms in total. The van der Waals surface area contributed by atoms with Gasteiger partial charge in [-0.05, 0) is 39.7 Å². The average Bonchev–Trinajstić information content (AvgIpc) is 3.01. The Morgan fingerprint density at radius 1 is 1.17 bits per heavy atom. The maximum Gasteiger partial charge on any atom is 0.407 e. The summed E-state index contributed by atoms with van der Waals surface area (Å²) in [7, 11) is 0. The molecule has 0 bridgehead atoms. The Hall–Kier alpha value is -2.77. The van der Waals surface area contributed by atoms with E-state index in [1.54, 1.807) is 32.6 Å². The third-order valence-corrected chi connectivity index (χ3v) is 4.48. The smallest absolute Gasteiger partial charge is 0.407 e. The van der Waals surface area contributed by atoms with Crippen LogP contribution in [0.25, 0.3) is 0 Å². The van der Waals surface area contributed by atoms with Gasteiger partial charge in [0.05, 0.1) is 25.1 Å². The number of carbonyl (C=O) groups excluding carboxylic acids is 3.